The number of hydrogen-bond acceptors (Lipinski definition) is 5. The van der Waals surface area contributed by atoms with E-state index < -0.39 is 0 Å². The number of hydrogen-bond donors (Lipinski definition) is 2. The maximum atomic E-state index is 12.3. The van der Waals surface area contributed by atoms with Crippen LogP contribution in [-0.4, -0.2) is 38.2 Å². The number of nitrogens with one attached hydrogen (secondary N) is 2. The monoisotopic (exact) mass is 317 g/mol. The van der Waals surface area contributed by atoms with Crippen LogP contribution in [0.3, 0.4) is 0 Å². The summed E-state index contributed by atoms with van der Waals surface area (Å²) in [6.45, 7) is 8.70. The maximum Gasteiger partial charge on any atom is 0.268 e. The van der Waals surface area contributed by atoms with Crippen molar-refractivity contribution in [1.29, 1.82) is 0 Å². The molecule has 0 amide bonds. The van der Waals surface area contributed by atoms with Gasteiger partial charge in [0.2, 0.25) is 0 Å². The van der Waals surface area contributed by atoms with Crippen LogP contribution in [-0.2, 0) is 6.54 Å². The Kier molecular flexibility index (Phi) is 4.08. The fourth-order valence-corrected chi connectivity index (χ4v) is 3.51. The molecule has 0 aliphatic rings. The molecule has 2 N–H and O–H groups in total. The molecule has 22 heavy (non-hydrogen) atoms. The fourth-order valence-electron chi connectivity index (χ4n) is 2.45. The third-order valence-corrected chi connectivity index (χ3v) is 4.95. The Morgan fingerprint density at radius 3 is 2.73 bits per heavy atom. The third kappa shape index (κ3) is 2.69. The Morgan fingerprint density at radius 1 is 1.32 bits per heavy atom. The zero-order valence-corrected chi connectivity index (χ0v) is 13.8. The highest BCUT2D eigenvalue weighted by Gasteiger charge is 2.13. The normalized spacial score (nSPS) is 11.6. The number of rotatable bonds is 5. The number of H-pyrrole nitrogens is 2. The molecule has 3 aromatic heterocycles. The van der Waals surface area contributed by atoms with E-state index in [1.54, 1.807) is 6.20 Å². The first kappa shape index (κ1) is 14.9. The SMILES string of the molecule is CCN(CC)Cc1nc2cc(-c3cn[nH]c3C)sc2c(=O)[nH]1. The lowest BCUT2D eigenvalue weighted by Gasteiger charge is -2.16. The summed E-state index contributed by atoms with van der Waals surface area (Å²) in [5.74, 6) is 0.717. The molecule has 0 spiro atoms. The molecule has 0 saturated heterocycles. The largest absolute Gasteiger partial charge is 0.308 e. The Morgan fingerprint density at radius 2 is 2.09 bits per heavy atom. The predicted octanol–water partition coefficient (Wildman–Crippen LogP) is 2.52. The topological polar surface area (TPSA) is 77.7 Å². The molecule has 0 aromatic carbocycles. The Balaban J connectivity index is 2.03. The van der Waals surface area contributed by atoms with Crippen molar-refractivity contribution in [3.8, 4) is 10.4 Å². The summed E-state index contributed by atoms with van der Waals surface area (Å²) in [4.78, 5) is 23.0. The van der Waals surface area contributed by atoms with Crippen molar-refractivity contribution in [1.82, 2.24) is 25.1 Å². The molecule has 0 unspecified atom stereocenters. The van der Waals surface area contributed by atoms with Gasteiger partial charge in [0.05, 0.1) is 18.3 Å². The highest BCUT2D eigenvalue weighted by Crippen LogP contribution is 2.31. The van der Waals surface area contributed by atoms with Crippen LogP contribution in [0.2, 0.25) is 0 Å². The molecular formula is C15H19N5OS. The standard InChI is InChI=1S/C15H19N5OS/c1-4-20(5-2)8-13-17-11-6-12(10-7-16-19-9(10)3)22-14(11)15(21)18-13/h6-7H,4-5,8H2,1-3H3,(H,16,19)(H,17,18,21). The molecule has 0 bridgehead atoms. The van der Waals surface area contributed by atoms with E-state index in [4.69, 9.17) is 0 Å². The molecule has 0 radical (unpaired) electrons. The zero-order chi connectivity index (χ0) is 15.7. The highest BCUT2D eigenvalue weighted by molar-refractivity contribution is 7.22. The average molecular weight is 317 g/mol. The molecular weight excluding hydrogens is 298 g/mol. The Labute approximate surface area is 132 Å². The van der Waals surface area contributed by atoms with Gasteiger partial charge >= 0.3 is 0 Å². The molecule has 0 saturated carbocycles. The van der Waals surface area contributed by atoms with Crippen molar-refractivity contribution >= 4 is 21.6 Å². The van der Waals surface area contributed by atoms with Crippen molar-refractivity contribution in [3.05, 3.63) is 34.1 Å². The van der Waals surface area contributed by atoms with Crippen LogP contribution in [0.4, 0.5) is 0 Å². The minimum Gasteiger partial charge on any atom is -0.308 e. The summed E-state index contributed by atoms with van der Waals surface area (Å²) >= 11 is 1.46. The number of nitrogens with zero attached hydrogens (tertiary/aromatic N) is 3. The van der Waals surface area contributed by atoms with Gasteiger partial charge in [-0.1, -0.05) is 13.8 Å². The third-order valence-electron chi connectivity index (χ3n) is 3.80. The van der Waals surface area contributed by atoms with Crippen LogP contribution in [0.15, 0.2) is 17.1 Å². The van der Waals surface area contributed by atoms with Gasteiger partial charge in [0.1, 0.15) is 10.5 Å². The Bertz CT molecular complexity index is 843. The minimum absolute atomic E-state index is 0.0652. The second-order valence-electron chi connectivity index (χ2n) is 5.21. The van der Waals surface area contributed by atoms with Gasteiger partial charge in [0.25, 0.3) is 5.56 Å². The van der Waals surface area contributed by atoms with Gasteiger partial charge in [-0.3, -0.25) is 14.8 Å². The first-order valence-electron chi connectivity index (χ1n) is 7.37. The van der Waals surface area contributed by atoms with E-state index in [9.17, 15) is 4.79 Å². The summed E-state index contributed by atoms with van der Waals surface area (Å²) in [5.41, 5.74) is 2.70. The molecule has 0 fully saturated rings. The first-order valence-corrected chi connectivity index (χ1v) is 8.19. The van der Waals surface area contributed by atoms with E-state index in [0.717, 1.165) is 40.6 Å². The molecule has 0 aliphatic carbocycles. The summed E-state index contributed by atoms with van der Waals surface area (Å²) in [7, 11) is 0. The lowest BCUT2D eigenvalue weighted by Crippen LogP contribution is -2.25. The molecule has 0 atom stereocenters. The number of fused-ring (bicyclic) bond motifs is 1. The predicted molar refractivity (Wildman–Crippen MR) is 89.2 cm³/mol. The number of aromatic nitrogens is 4. The number of aryl methyl sites for hydroxylation is 1. The van der Waals surface area contributed by atoms with Gasteiger partial charge in [-0.05, 0) is 26.1 Å². The van der Waals surface area contributed by atoms with Crippen LogP contribution in [0.1, 0.15) is 25.4 Å². The summed E-state index contributed by atoms with van der Waals surface area (Å²) in [5, 5.41) is 6.96. The van der Waals surface area contributed by atoms with Crippen molar-refractivity contribution in [2.75, 3.05) is 13.1 Å². The van der Waals surface area contributed by atoms with Gasteiger partial charge in [-0.15, -0.1) is 11.3 Å². The van der Waals surface area contributed by atoms with Gasteiger partial charge in [0, 0.05) is 16.1 Å². The average Bonchev–Trinajstić information content (AvgIpc) is 3.10. The molecule has 6 nitrogen and oxygen atoms in total. The van der Waals surface area contributed by atoms with E-state index in [0.29, 0.717) is 11.2 Å². The summed E-state index contributed by atoms with van der Waals surface area (Å²) in [6.07, 6.45) is 1.78. The quantitative estimate of drug-likeness (QED) is 0.758. The lowest BCUT2D eigenvalue weighted by molar-refractivity contribution is 0.288. The van der Waals surface area contributed by atoms with Crippen molar-refractivity contribution in [3.63, 3.8) is 0 Å². The molecule has 7 heteroatoms. The van der Waals surface area contributed by atoms with Gasteiger partial charge in [-0.25, -0.2) is 4.98 Å². The van der Waals surface area contributed by atoms with Gasteiger partial charge < -0.3 is 4.98 Å². The minimum atomic E-state index is -0.0652. The summed E-state index contributed by atoms with van der Waals surface area (Å²) < 4.78 is 0.666. The van der Waals surface area contributed by atoms with Gasteiger partial charge in [-0.2, -0.15) is 5.10 Å². The Hall–Kier alpha value is -1.99. The molecule has 3 rings (SSSR count). The van der Waals surface area contributed by atoms with Crippen LogP contribution in [0, 0.1) is 6.92 Å². The van der Waals surface area contributed by atoms with E-state index >= 15 is 0 Å². The second kappa shape index (κ2) is 6.02. The van der Waals surface area contributed by atoms with Crippen LogP contribution < -0.4 is 5.56 Å². The number of thiophene rings is 1. The van der Waals surface area contributed by atoms with Crippen molar-refractivity contribution in [2.45, 2.75) is 27.3 Å². The smallest absolute Gasteiger partial charge is 0.268 e. The maximum absolute atomic E-state index is 12.3. The van der Waals surface area contributed by atoms with Crippen LogP contribution in [0.25, 0.3) is 20.7 Å². The van der Waals surface area contributed by atoms with Gasteiger partial charge in [0.15, 0.2) is 0 Å². The molecule has 116 valence electrons. The van der Waals surface area contributed by atoms with Crippen LogP contribution in [0.5, 0.6) is 0 Å². The lowest BCUT2D eigenvalue weighted by atomic mass is 10.2. The summed E-state index contributed by atoms with van der Waals surface area (Å²) in [6, 6.07) is 1.97. The second-order valence-corrected chi connectivity index (χ2v) is 6.26. The van der Waals surface area contributed by atoms with E-state index in [-0.39, 0.29) is 5.56 Å². The fraction of sp³-hybridized carbons (Fsp3) is 0.400. The van der Waals surface area contributed by atoms with E-state index in [1.807, 2.05) is 13.0 Å². The molecule has 3 aromatic rings. The van der Waals surface area contributed by atoms with Crippen molar-refractivity contribution < 1.29 is 0 Å². The first-order chi connectivity index (χ1) is 10.6. The van der Waals surface area contributed by atoms with Crippen LogP contribution >= 0.6 is 11.3 Å². The molecule has 0 aliphatic heterocycles. The van der Waals surface area contributed by atoms with E-state index in [1.165, 1.54) is 11.3 Å². The number of aromatic amines is 2. The highest BCUT2D eigenvalue weighted by atomic mass is 32.1. The molecule has 3 heterocycles. The van der Waals surface area contributed by atoms with E-state index in [2.05, 4.69) is 38.9 Å². The van der Waals surface area contributed by atoms with Crippen molar-refractivity contribution in [2.24, 2.45) is 0 Å². The zero-order valence-electron chi connectivity index (χ0n) is 12.9.